The van der Waals surface area contributed by atoms with Gasteiger partial charge in [0, 0.05) is 6.61 Å². The molecule has 0 radical (unpaired) electrons. The second kappa shape index (κ2) is 3.56. The third-order valence-corrected chi connectivity index (χ3v) is 1.57. The summed E-state index contributed by atoms with van der Waals surface area (Å²) in [5.41, 5.74) is 0. The molecule has 1 saturated heterocycles. The Labute approximate surface area is 60.3 Å². The Morgan fingerprint density at radius 1 is 1.40 bits per heavy atom. The number of ether oxygens (including phenoxy) is 2. The van der Waals surface area contributed by atoms with Gasteiger partial charge in [-0.25, -0.2) is 0 Å². The molecule has 0 aromatic carbocycles. The van der Waals surface area contributed by atoms with Gasteiger partial charge in [0.1, 0.15) is 6.61 Å². The van der Waals surface area contributed by atoms with Crippen molar-refractivity contribution in [2.75, 3.05) is 19.8 Å². The molecular formula is C7H12O3. The van der Waals surface area contributed by atoms with Gasteiger partial charge in [-0.3, -0.25) is 4.79 Å². The maximum absolute atomic E-state index is 10.9. The van der Waals surface area contributed by atoms with Crippen LogP contribution in [0, 0.1) is 5.92 Å². The molecule has 3 nitrogen and oxygen atoms in total. The molecule has 1 fully saturated rings. The van der Waals surface area contributed by atoms with Crippen molar-refractivity contribution in [3.63, 3.8) is 0 Å². The van der Waals surface area contributed by atoms with E-state index in [0.29, 0.717) is 19.8 Å². The highest BCUT2D eigenvalue weighted by Crippen LogP contribution is 2.06. The molecule has 0 aromatic rings. The Bertz CT molecular complexity index is 122. The van der Waals surface area contributed by atoms with Crippen molar-refractivity contribution < 1.29 is 14.3 Å². The number of carbonyl (C=O) groups is 1. The zero-order valence-electron chi connectivity index (χ0n) is 6.13. The maximum atomic E-state index is 10.9. The molecular weight excluding hydrogens is 132 g/mol. The lowest BCUT2D eigenvalue weighted by atomic mass is 10.1. The van der Waals surface area contributed by atoms with Gasteiger partial charge in [-0.2, -0.15) is 0 Å². The second-order valence-corrected chi connectivity index (χ2v) is 2.47. The highest BCUT2D eigenvalue weighted by Gasteiger charge is 2.15. The third kappa shape index (κ3) is 1.99. The van der Waals surface area contributed by atoms with E-state index in [1.54, 1.807) is 0 Å². The van der Waals surface area contributed by atoms with Crippen LogP contribution in [0.5, 0.6) is 0 Å². The number of rotatable bonds is 0. The first-order chi connectivity index (χ1) is 4.80. The minimum absolute atomic E-state index is 0.000278. The van der Waals surface area contributed by atoms with E-state index >= 15 is 0 Å². The van der Waals surface area contributed by atoms with Crippen LogP contribution in [0.25, 0.3) is 0 Å². The van der Waals surface area contributed by atoms with Gasteiger partial charge in [0.25, 0.3) is 0 Å². The molecule has 1 unspecified atom stereocenters. The predicted octanol–water partition coefficient (Wildman–Crippen LogP) is 0.586. The summed E-state index contributed by atoms with van der Waals surface area (Å²) in [5, 5.41) is 0. The summed E-state index contributed by atoms with van der Waals surface area (Å²) in [4.78, 5) is 10.9. The van der Waals surface area contributed by atoms with Crippen LogP contribution in [0.4, 0.5) is 0 Å². The summed E-state index contributed by atoms with van der Waals surface area (Å²) in [7, 11) is 0. The zero-order valence-corrected chi connectivity index (χ0v) is 6.13. The van der Waals surface area contributed by atoms with E-state index in [0.717, 1.165) is 6.42 Å². The molecule has 0 aliphatic carbocycles. The second-order valence-electron chi connectivity index (χ2n) is 2.47. The van der Waals surface area contributed by atoms with Crippen LogP contribution >= 0.6 is 0 Å². The highest BCUT2D eigenvalue weighted by molar-refractivity contribution is 5.71. The van der Waals surface area contributed by atoms with E-state index in [4.69, 9.17) is 9.47 Å². The van der Waals surface area contributed by atoms with E-state index in [1.807, 2.05) is 6.92 Å². The number of hydrogen-bond acceptors (Lipinski definition) is 3. The largest absolute Gasteiger partial charge is 0.463 e. The van der Waals surface area contributed by atoms with Crippen LogP contribution in [-0.4, -0.2) is 25.8 Å². The first kappa shape index (κ1) is 7.54. The summed E-state index contributed by atoms with van der Waals surface area (Å²) >= 11 is 0. The van der Waals surface area contributed by atoms with Crippen molar-refractivity contribution in [2.24, 2.45) is 5.92 Å². The van der Waals surface area contributed by atoms with Crippen LogP contribution in [0.2, 0.25) is 0 Å². The van der Waals surface area contributed by atoms with Crippen LogP contribution in [0.3, 0.4) is 0 Å². The molecule has 3 heteroatoms. The standard InChI is InChI=1S/C7H12O3/c1-6-2-3-9-4-5-10-7(6)8/h6H,2-5H2,1H3. The van der Waals surface area contributed by atoms with Gasteiger partial charge >= 0.3 is 5.97 Å². The summed E-state index contributed by atoms with van der Waals surface area (Å²) in [5.74, 6) is -0.0939. The average molecular weight is 144 g/mol. The molecule has 0 aromatic heterocycles. The van der Waals surface area contributed by atoms with Gasteiger partial charge in [-0.15, -0.1) is 0 Å². The predicted molar refractivity (Wildman–Crippen MR) is 35.6 cm³/mol. The maximum Gasteiger partial charge on any atom is 0.308 e. The van der Waals surface area contributed by atoms with Gasteiger partial charge in [-0.05, 0) is 6.42 Å². The molecule has 0 bridgehead atoms. The fourth-order valence-corrected chi connectivity index (χ4v) is 0.823. The van der Waals surface area contributed by atoms with Gasteiger partial charge in [0.15, 0.2) is 0 Å². The van der Waals surface area contributed by atoms with Gasteiger partial charge in [-0.1, -0.05) is 6.92 Å². The summed E-state index contributed by atoms with van der Waals surface area (Å²) in [6.45, 7) is 3.48. The lowest BCUT2D eigenvalue weighted by molar-refractivity contribution is -0.152. The average Bonchev–Trinajstić information content (AvgIpc) is 1.92. The Morgan fingerprint density at radius 2 is 2.20 bits per heavy atom. The van der Waals surface area contributed by atoms with Gasteiger partial charge in [0.05, 0.1) is 12.5 Å². The molecule has 1 aliphatic rings. The Balaban J connectivity index is 2.35. The summed E-state index contributed by atoms with van der Waals surface area (Å²) < 4.78 is 9.95. The smallest absolute Gasteiger partial charge is 0.308 e. The third-order valence-electron chi connectivity index (χ3n) is 1.57. The highest BCUT2D eigenvalue weighted by atomic mass is 16.6. The Kier molecular flexibility index (Phi) is 2.68. The molecule has 1 atom stereocenters. The Hall–Kier alpha value is -0.570. The topological polar surface area (TPSA) is 35.5 Å². The van der Waals surface area contributed by atoms with Crippen molar-refractivity contribution >= 4 is 5.97 Å². The molecule has 0 saturated carbocycles. The fraction of sp³-hybridized carbons (Fsp3) is 0.857. The van der Waals surface area contributed by atoms with Crippen LogP contribution in [0.15, 0.2) is 0 Å². The van der Waals surface area contributed by atoms with Gasteiger partial charge < -0.3 is 9.47 Å². The Morgan fingerprint density at radius 3 is 3.00 bits per heavy atom. The lowest BCUT2D eigenvalue weighted by Crippen LogP contribution is -2.22. The zero-order chi connectivity index (χ0) is 7.40. The first-order valence-corrected chi connectivity index (χ1v) is 3.55. The molecule has 58 valence electrons. The van der Waals surface area contributed by atoms with Crippen LogP contribution in [0.1, 0.15) is 13.3 Å². The van der Waals surface area contributed by atoms with Gasteiger partial charge in [0.2, 0.25) is 0 Å². The number of carbonyl (C=O) groups excluding carboxylic acids is 1. The quantitative estimate of drug-likeness (QED) is 0.467. The minimum atomic E-state index is -0.0942. The number of esters is 1. The molecule has 1 rings (SSSR count). The number of cyclic esters (lactones) is 1. The first-order valence-electron chi connectivity index (χ1n) is 3.55. The van der Waals surface area contributed by atoms with Crippen molar-refractivity contribution in [3.05, 3.63) is 0 Å². The lowest BCUT2D eigenvalue weighted by Gasteiger charge is -2.14. The fourth-order valence-electron chi connectivity index (χ4n) is 0.823. The SMILES string of the molecule is CC1CCOCCOC1=O. The van der Waals surface area contributed by atoms with Crippen LogP contribution < -0.4 is 0 Å². The molecule has 0 amide bonds. The summed E-state index contributed by atoms with van der Waals surface area (Å²) in [6, 6.07) is 0. The molecule has 0 spiro atoms. The monoisotopic (exact) mass is 144 g/mol. The van der Waals surface area contributed by atoms with E-state index in [-0.39, 0.29) is 11.9 Å². The van der Waals surface area contributed by atoms with Crippen molar-refractivity contribution in [2.45, 2.75) is 13.3 Å². The van der Waals surface area contributed by atoms with Crippen molar-refractivity contribution in [1.29, 1.82) is 0 Å². The molecule has 1 aliphatic heterocycles. The molecule has 0 N–H and O–H groups in total. The normalized spacial score (nSPS) is 28.5. The summed E-state index contributed by atoms with van der Waals surface area (Å²) in [6.07, 6.45) is 0.777. The number of hydrogen-bond donors (Lipinski definition) is 0. The van der Waals surface area contributed by atoms with Crippen molar-refractivity contribution in [1.82, 2.24) is 0 Å². The molecule has 1 heterocycles. The molecule has 10 heavy (non-hydrogen) atoms. The van der Waals surface area contributed by atoms with E-state index < -0.39 is 0 Å². The minimum Gasteiger partial charge on any atom is -0.463 e. The van der Waals surface area contributed by atoms with E-state index in [2.05, 4.69) is 0 Å². The van der Waals surface area contributed by atoms with Crippen LogP contribution in [-0.2, 0) is 14.3 Å². The van der Waals surface area contributed by atoms with E-state index in [9.17, 15) is 4.79 Å². The van der Waals surface area contributed by atoms with Crippen molar-refractivity contribution in [3.8, 4) is 0 Å². The van der Waals surface area contributed by atoms with E-state index in [1.165, 1.54) is 0 Å².